The average Bonchev–Trinajstić information content (AvgIpc) is 2.69. The Morgan fingerprint density at radius 1 is 1.56 bits per heavy atom. The topological polar surface area (TPSA) is 61.8 Å². The van der Waals surface area contributed by atoms with Gasteiger partial charge in [0, 0.05) is 30.5 Å². The van der Waals surface area contributed by atoms with Crippen molar-refractivity contribution in [2.45, 2.75) is 25.0 Å². The van der Waals surface area contributed by atoms with Gasteiger partial charge in [-0.1, -0.05) is 0 Å². The van der Waals surface area contributed by atoms with Gasteiger partial charge in [0.15, 0.2) is 0 Å². The lowest BCUT2D eigenvalue weighted by atomic mass is 10.0. The van der Waals surface area contributed by atoms with Crippen molar-refractivity contribution in [3.8, 4) is 0 Å². The van der Waals surface area contributed by atoms with Crippen LogP contribution in [0.15, 0.2) is 5.10 Å². The molecule has 1 fully saturated rings. The van der Waals surface area contributed by atoms with Gasteiger partial charge in [0.05, 0.1) is 5.92 Å². The van der Waals surface area contributed by atoms with E-state index in [0.29, 0.717) is 25.9 Å². The minimum Gasteiger partial charge on any atom is -0.342 e. The molecule has 0 spiro atoms. The van der Waals surface area contributed by atoms with Crippen molar-refractivity contribution < 1.29 is 9.59 Å². The Hall–Kier alpha value is -1.04. The second-order valence-electron chi connectivity index (χ2n) is 4.27. The first-order valence-electron chi connectivity index (χ1n) is 5.38. The summed E-state index contributed by atoms with van der Waals surface area (Å²) in [7, 11) is 0. The molecule has 2 aliphatic heterocycles. The molecule has 2 unspecified atom stereocenters. The molecule has 5 nitrogen and oxygen atoms in total. The molecule has 0 aliphatic carbocycles. The SMILES string of the molecule is CC1=NNC(=O)C1CCN1CC(S)CC1=O. The predicted molar refractivity (Wildman–Crippen MR) is 63.3 cm³/mol. The number of hydrogen-bond donors (Lipinski definition) is 2. The van der Waals surface area contributed by atoms with Gasteiger partial charge in [0.2, 0.25) is 11.8 Å². The summed E-state index contributed by atoms with van der Waals surface area (Å²) in [5, 5.41) is 4.01. The van der Waals surface area contributed by atoms with E-state index < -0.39 is 0 Å². The van der Waals surface area contributed by atoms with E-state index >= 15 is 0 Å². The molecule has 2 amide bonds. The van der Waals surface area contributed by atoms with Crippen LogP contribution < -0.4 is 5.43 Å². The van der Waals surface area contributed by atoms with Crippen LogP contribution in [0.1, 0.15) is 19.8 Å². The second kappa shape index (κ2) is 4.45. The van der Waals surface area contributed by atoms with Crippen molar-refractivity contribution >= 4 is 30.2 Å². The zero-order chi connectivity index (χ0) is 11.7. The molecule has 2 rings (SSSR count). The van der Waals surface area contributed by atoms with Gasteiger partial charge in [-0.05, 0) is 13.3 Å². The maximum atomic E-state index is 11.5. The highest BCUT2D eigenvalue weighted by Gasteiger charge is 2.31. The summed E-state index contributed by atoms with van der Waals surface area (Å²) in [5.74, 6) is -0.105. The monoisotopic (exact) mass is 241 g/mol. The molecule has 1 N–H and O–H groups in total. The number of likely N-dealkylation sites (tertiary alicyclic amines) is 1. The highest BCUT2D eigenvalue weighted by molar-refractivity contribution is 7.81. The number of hydrogen-bond acceptors (Lipinski definition) is 4. The average molecular weight is 241 g/mol. The van der Waals surface area contributed by atoms with Gasteiger partial charge >= 0.3 is 0 Å². The number of nitrogens with one attached hydrogen (secondary N) is 1. The molecule has 6 heteroatoms. The van der Waals surface area contributed by atoms with Crippen molar-refractivity contribution in [3.63, 3.8) is 0 Å². The molecular formula is C10H15N3O2S. The fraction of sp³-hybridized carbons (Fsp3) is 0.700. The Morgan fingerprint density at radius 2 is 2.31 bits per heavy atom. The number of rotatable bonds is 3. The first kappa shape index (κ1) is 11.4. The van der Waals surface area contributed by atoms with Crippen LogP contribution in [0, 0.1) is 5.92 Å². The Bertz CT molecular complexity index is 356. The van der Waals surface area contributed by atoms with E-state index in [1.807, 2.05) is 6.92 Å². The van der Waals surface area contributed by atoms with E-state index in [1.54, 1.807) is 4.90 Å². The molecule has 0 bridgehead atoms. The standard InChI is InChI=1S/C10H15N3O2S/c1-6-8(10(15)12-11-6)2-3-13-5-7(16)4-9(13)14/h7-8,16H,2-5H2,1H3,(H,12,15). The summed E-state index contributed by atoms with van der Waals surface area (Å²) in [6, 6.07) is 0. The van der Waals surface area contributed by atoms with Gasteiger partial charge < -0.3 is 4.90 Å². The third kappa shape index (κ3) is 2.21. The van der Waals surface area contributed by atoms with E-state index in [0.717, 1.165) is 5.71 Å². The minimum absolute atomic E-state index is 0.0634. The molecule has 2 heterocycles. The molecule has 1 saturated heterocycles. The Balaban J connectivity index is 1.86. The van der Waals surface area contributed by atoms with E-state index in [2.05, 4.69) is 23.2 Å². The summed E-state index contributed by atoms with van der Waals surface area (Å²) in [5.41, 5.74) is 3.25. The number of thiol groups is 1. The lowest BCUT2D eigenvalue weighted by molar-refractivity contribution is -0.128. The quantitative estimate of drug-likeness (QED) is 0.685. The third-order valence-electron chi connectivity index (χ3n) is 3.05. The van der Waals surface area contributed by atoms with Crippen LogP contribution in [0.2, 0.25) is 0 Å². The fourth-order valence-electron chi connectivity index (χ4n) is 2.08. The first-order chi connectivity index (χ1) is 7.58. The van der Waals surface area contributed by atoms with Crippen LogP contribution in [-0.2, 0) is 9.59 Å². The minimum atomic E-state index is -0.174. The molecule has 88 valence electrons. The third-order valence-corrected chi connectivity index (χ3v) is 3.39. The summed E-state index contributed by atoms with van der Waals surface area (Å²) in [6.45, 7) is 3.13. The van der Waals surface area contributed by atoms with Gasteiger partial charge in [-0.2, -0.15) is 17.7 Å². The van der Waals surface area contributed by atoms with Crippen molar-refractivity contribution in [2.75, 3.05) is 13.1 Å². The van der Waals surface area contributed by atoms with Crippen molar-refractivity contribution in [2.24, 2.45) is 11.0 Å². The zero-order valence-electron chi connectivity index (χ0n) is 9.14. The molecule has 0 aromatic carbocycles. The van der Waals surface area contributed by atoms with Gasteiger partial charge in [0.1, 0.15) is 0 Å². The number of carbonyl (C=O) groups excluding carboxylic acids is 2. The van der Waals surface area contributed by atoms with E-state index in [-0.39, 0.29) is 23.0 Å². The zero-order valence-corrected chi connectivity index (χ0v) is 10.0. The Labute approximate surface area is 99.7 Å². The first-order valence-corrected chi connectivity index (χ1v) is 5.89. The second-order valence-corrected chi connectivity index (χ2v) is 5.00. The molecule has 0 radical (unpaired) electrons. The molecular weight excluding hydrogens is 226 g/mol. The summed E-state index contributed by atoms with van der Waals surface area (Å²) in [6.07, 6.45) is 1.15. The number of nitrogens with zero attached hydrogens (tertiary/aromatic N) is 2. The van der Waals surface area contributed by atoms with E-state index in [1.165, 1.54) is 0 Å². The van der Waals surface area contributed by atoms with Gasteiger partial charge in [-0.15, -0.1) is 0 Å². The van der Waals surface area contributed by atoms with E-state index in [9.17, 15) is 9.59 Å². The van der Waals surface area contributed by atoms with E-state index in [4.69, 9.17) is 0 Å². The maximum absolute atomic E-state index is 11.5. The molecule has 2 aliphatic rings. The summed E-state index contributed by atoms with van der Waals surface area (Å²) < 4.78 is 0. The molecule has 16 heavy (non-hydrogen) atoms. The number of hydrazone groups is 1. The highest BCUT2D eigenvalue weighted by atomic mass is 32.1. The highest BCUT2D eigenvalue weighted by Crippen LogP contribution is 2.18. The maximum Gasteiger partial charge on any atom is 0.248 e. The largest absolute Gasteiger partial charge is 0.342 e. The van der Waals surface area contributed by atoms with Crippen LogP contribution in [0.3, 0.4) is 0 Å². The van der Waals surface area contributed by atoms with Crippen LogP contribution >= 0.6 is 12.6 Å². The predicted octanol–water partition coefficient (Wildman–Crippen LogP) is 0.0291. The lowest BCUT2D eigenvalue weighted by Crippen LogP contribution is -2.31. The molecule has 0 aromatic rings. The smallest absolute Gasteiger partial charge is 0.248 e. The van der Waals surface area contributed by atoms with Crippen LogP contribution in [0.5, 0.6) is 0 Å². The van der Waals surface area contributed by atoms with Gasteiger partial charge in [0.25, 0.3) is 0 Å². The lowest BCUT2D eigenvalue weighted by Gasteiger charge is -2.17. The van der Waals surface area contributed by atoms with Crippen LogP contribution in [0.25, 0.3) is 0 Å². The van der Waals surface area contributed by atoms with Crippen molar-refractivity contribution in [1.82, 2.24) is 10.3 Å². The Kier molecular flexibility index (Phi) is 3.18. The van der Waals surface area contributed by atoms with Crippen LogP contribution in [0.4, 0.5) is 0 Å². The van der Waals surface area contributed by atoms with Crippen LogP contribution in [-0.4, -0.2) is 40.8 Å². The molecule has 0 saturated carbocycles. The summed E-state index contributed by atoms with van der Waals surface area (Å²) in [4.78, 5) is 24.7. The normalized spacial score (nSPS) is 29.6. The Morgan fingerprint density at radius 3 is 2.81 bits per heavy atom. The molecule has 0 aromatic heterocycles. The van der Waals surface area contributed by atoms with Crippen molar-refractivity contribution in [3.05, 3.63) is 0 Å². The van der Waals surface area contributed by atoms with Gasteiger partial charge in [-0.3, -0.25) is 9.59 Å². The summed E-state index contributed by atoms with van der Waals surface area (Å²) >= 11 is 4.28. The number of carbonyl (C=O) groups is 2. The van der Waals surface area contributed by atoms with Gasteiger partial charge in [-0.25, -0.2) is 5.43 Å². The fourth-order valence-corrected chi connectivity index (χ4v) is 2.43. The molecule has 2 atom stereocenters. The number of amides is 2. The van der Waals surface area contributed by atoms with Crippen molar-refractivity contribution in [1.29, 1.82) is 0 Å².